The molecule has 0 spiro atoms. The fraction of sp³-hybridized carbons (Fsp3) is 0.364. The molecule has 1 fully saturated rings. The molecule has 0 unspecified atom stereocenters. The maximum absolute atomic E-state index is 12.7. The topological polar surface area (TPSA) is 49.4 Å². The van der Waals surface area contributed by atoms with Crippen molar-refractivity contribution in [2.45, 2.75) is 33.2 Å². The van der Waals surface area contributed by atoms with E-state index in [0.29, 0.717) is 25.2 Å². The summed E-state index contributed by atoms with van der Waals surface area (Å²) in [6.07, 6.45) is 1.69. The van der Waals surface area contributed by atoms with Crippen LogP contribution >= 0.6 is 0 Å². The molecule has 1 atom stereocenters. The first-order chi connectivity index (χ1) is 12.5. The lowest BCUT2D eigenvalue weighted by Gasteiger charge is -2.32. The van der Waals surface area contributed by atoms with Crippen molar-refractivity contribution >= 4 is 11.8 Å². The van der Waals surface area contributed by atoms with E-state index in [0.717, 1.165) is 24.0 Å². The Morgan fingerprint density at radius 3 is 2.58 bits per heavy atom. The number of benzene rings is 2. The highest BCUT2D eigenvalue weighted by molar-refractivity contribution is 5.95. The predicted octanol–water partition coefficient (Wildman–Crippen LogP) is 3.47. The van der Waals surface area contributed by atoms with Crippen molar-refractivity contribution in [3.63, 3.8) is 0 Å². The van der Waals surface area contributed by atoms with Gasteiger partial charge in [0.15, 0.2) is 0 Å². The molecule has 2 amide bonds. The minimum absolute atomic E-state index is 0.0183. The number of carbonyl (C=O) groups is 2. The fourth-order valence-corrected chi connectivity index (χ4v) is 3.38. The molecule has 2 aromatic rings. The van der Waals surface area contributed by atoms with Gasteiger partial charge in [-0.25, -0.2) is 0 Å². The Hall–Kier alpha value is -2.62. The zero-order chi connectivity index (χ0) is 18.5. The molecule has 0 aliphatic carbocycles. The summed E-state index contributed by atoms with van der Waals surface area (Å²) in [5.74, 6) is -0.0833. The SMILES string of the molecule is Cc1ccc(CNC(=O)[C@@H]2CCCN(C(=O)c3cccc(C)c3)C2)cc1. The zero-order valence-corrected chi connectivity index (χ0v) is 15.5. The van der Waals surface area contributed by atoms with Crippen molar-refractivity contribution in [3.05, 3.63) is 70.8 Å². The summed E-state index contributed by atoms with van der Waals surface area (Å²) < 4.78 is 0. The van der Waals surface area contributed by atoms with Gasteiger partial charge in [0.1, 0.15) is 0 Å². The van der Waals surface area contributed by atoms with E-state index in [4.69, 9.17) is 0 Å². The van der Waals surface area contributed by atoms with E-state index >= 15 is 0 Å². The fourth-order valence-electron chi connectivity index (χ4n) is 3.38. The molecule has 3 rings (SSSR count). The highest BCUT2D eigenvalue weighted by Gasteiger charge is 2.28. The summed E-state index contributed by atoms with van der Waals surface area (Å²) in [4.78, 5) is 27.1. The predicted molar refractivity (Wildman–Crippen MR) is 103 cm³/mol. The van der Waals surface area contributed by atoms with E-state index in [9.17, 15) is 9.59 Å². The minimum Gasteiger partial charge on any atom is -0.352 e. The molecular weight excluding hydrogens is 324 g/mol. The molecule has 1 saturated heterocycles. The van der Waals surface area contributed by atoms with Crippen molar-refractivity contribution in [1.29, 1.82) is 0 Å². The summed E-state index contributed by atoms with van der Waals surface area (Å²) in [6.45, 7) is 5.76. The average Bonchev–Trinajstić information content (AvgIpc) is 2.67. The lowest BCUT2D eigenvalue weighted by atomic mass is 9.96. The number of carbonyl (C=O) groups excluding carboxylic acids is 2. The van der Waals surface area contributed by atoms with Crippen LogP contribution in [0.4, 0.5) is 0 Å². The minimum atomic E-state index is -0.136. The maximum Gasteiger partial charge on any atom is 0.253 e. The van der Waals surface area contributed by atoms with Crippen molar-refractivity contribution in [2.24, 2.45) is 5.92 Å². The van der Waals surface area contributed by atoms with E-state index in [-0.39, 0.29) is 17.7 Å². The van der Waals surface area contributed by atoms with Crippen molar-refractivity contribution in [2.75, 3.05) is 13.1 Å². The van der Waals surface area contributed by atoms with Gasteiger partial charge in [0, 0.05) is 25.2 Å². The van der Waals surface area contributed by atoms with Gasteiger partial charge < -0.3 is 10.2 Å². The van der Waals surface area contributed by atoms with E-state index in [2.05, 4.69) is 5.32 Å². The Balaban J connectivity index is 1.58. The second kappa shape index (κ2) is 8.17. The van der Waals surface area contributed by atoms with Crippen LogP contribution in [0, 0.1) is 19.8 Å². The first-order valence-corrected chi connectivity index (χ1v) is 9.22. The van der Waals surface area contributed by atoms with Gasteiger partial charge >= 0.3 is 0 Å². The molecule has 0 saturated carbocycles. The Kier molecular flexibility index (Phi) is 5.71. The Bertz CT molecular complexity index is 783. The Labute approximate surface area is 155 Å². The third-order valence-electron chi connectivity index (χ3n) is 4.93. The molecule has 0 radical (unpaired) electrons. The van der Waals surface area contributed by atoms with Crippen LogP contribution < -0.4 is 5.32 Å². The van der Waals surface area contributed by atoms with Crippen molar-refractivity contribution in [1.82, 2.24) is 10.2 Å². The van der Waals surface area contributed by atoms with Gasteiger partial charge in [-0.15, -0.1) is 0 Å². The van der Waals surface area contributed by atoms with Crippen LogP contribution in [-0.4, -0.2) is 29.8 Å². The van der Waals surface area contributed by atoms with Crippen LogP contribution in [0.15, 0.2) is 48.5 Å². The number of hydrogen-bond donors (Lipinski definition) is 1. The van der Waals surface area contributed by atoms with Gasteiger partial charge in [-0.05, 0) is 44.4 Å². The Morgan fingerprint density at radius 1 is 1.08 bits per heavy atom. The van der Waals surface area contributed by atoms with Crippen LogP contribution in [0.3, 0.4) is 0 Å². The largest absolute Gasteiger partial charge is 0.352 e. The van der Waals surface area contributed by atoms with Gasteiger partial charge in [-0.2, -0.15) is 0 Å². The quantitative estimate of drug-likeness (QED) is 0.918. The number of amides is 2. The Morgan fingerprint density at radius 2 is 1.85 bits per heavy atom. The maximum atomic E-state index is 12.7. The third-order valence-corrected chi connectivity index (χ3v) is 4.93. The average molecular weight is 350 g/mol. The van der Waals surface area contributed by atoms with Crippen molar-refractivity contribution in [3.8, 4) is 0 Å². The van der Waals surface area contributed by atoms with E-state index in [1.165, 1.54) is 5.56 Å². The zero-order valence-electron chi connectivity index (χ0n) is 15.5. The molecule has 0 bridgehead atoms. The monoisotopic (exact) mass is 350 g/mol. The molecule has 1 aliphatic rings. The van der Waals surface area contributed by atoms with Gasteiger partial charge in [-0.3, -0.25) is 9.59 Å². The lowest BCUT2D eigenvalue weighted by Crippen LogP contribution is -2.45. The van der Waals surface area contributed by atoms with Crippen LogP contribution in [0.2, 0.25) is 0 Å². The molecule has 4 heteroatoms. The van der Waals surface area contributed by atoms with Crippen LogP contribution in [-0.2, 0) is 11.3 Å². The molecule has 1 aliphatic heterocycles. The number of likely N-dealkylation sites (tertiary alicyclic amines) is 1. The second-order valence-corrected chi connectivity index (χ2v) is 7.16. The number of rotatable bonds is 4. The van der Waals surface area contributed by atoms with Gasteiger partial charge in [0.2, 0.25) is 5.91 Å². The number of nitrogens with one attached hydrogen (secondary N) is 1. The summed E-state index contributed by atoms with van der Waals surface area (Å²) in [7, 11) is 0. The van der Waals surface area contributed by atoms with E-state index in [1.807, 2.05) is 67.3 Å². The highest BCUT2D eigenvalue weighted by atomic mass is 16.2. The van der Waals surface area contributed by atoms with Gasteiger partial charge in [0.25, 0.3) is 5.91 Å². The summed E-state index contributed by atoms with van der Waals surface area (Å²) >= 11 is 0. The molecule has 136 valence electrons. The number of piperidine rings is 1. The van der Waals surface area contributed by atoms with Crippen LogP contribution in [0.1, 0.15) is 39.9 Å². The summed E-state index contributed by atoms with van der Waals surface area (Å²) in [6, 6.07) is 15.8. The summed E-state index contributed by atoms with van der Waals surface area (Å²) in [5, 5.41) is 3.02. The van der Waals surface area contributed by atoms with Gasteiger partial charge in [0.05, 0.1) is 5.92 Å². The van der Waals surface area contributed by atoms with Crippen LogP contribution in [0.25, 0.3) is 0 Å². The smallest absolute Gasteiger partial charge is 0.253 e. The van der Waals surface area contributed by atoms with E-state index in [1.54, 1.807) is 0 Å². The molecule has 1 heterocycles. The van der Waals surface area contributed by atoms with Crippen molar-refractivity contribution < 1.29 is 9.59 Å². The van der Waals surface area contributed by atoms with Gasteiger partial charge in [-0.1, -0.05) is 47.5 Å². The highest BCUT2D eigenvalue weighted by Crippen LogP contribution is 2.19. The molecule has 4 nitrogen and oxygen atoms in total. The number of nitrogens with zero attached hydrogens (tertiary/aromatic N) is 1. The normalized spacial score (nSPS) is 17.0. The number of hydrogen-bond acceptors (Lipinski definition) is 2. The second-order valence-electron chi connectivity index (χ2n) is 7.16. The first-order valence-electron chi connectivity index (χ1n) is 9.22. The van der Waals surface area contributed by atoms with Crippen LogP contribution in [0.5, 0.6) is 0 Å². The summed E-state index contributed by atoms with van der Waals surface area (Å²) in [5.41, 5.74) is 4.07. The standard InChI is InChI=1S/C22H26N2O2/c1-16-8-10-18(11-9-16)14-23-21(25)20-7-4-12-24(15-20)22(26)19-6-3-5-17(2)13-19/h3,5-6,8-11,13,20H,4,7,12,14-15H2,1-2H3,(H,23,25)/t20-/m1/s1. The third kappa shape index (κ3) is 4.51. The molecule has 0 aromatic heterocycles. The molecule has 1 N–H and O–H groups in total. The van der Waals surface area contributed by atoms with E-state index < -0.39 is 0 Å². The number of aryl methyl sites for hydroxylation is 2. The molecule has 2 aromatic carbocycles. The molecular formula is C22H26N2O2. The lowest BCUT2D eigenvalue weighted by molar-refractivity contribution is -0.126. The first kappa shape index (κ1) is 18.2. The molecule has 26 heavy (non-hydrogen) atoms.